The third kappa shape index (κ3) is 5.33. The monoisotopic (exact) mass is 500 g/mol. The van der Waals surface area contributed by atoms with E-state index >= 15 is 0 Å². The maximum Gasteiger partial charge on any atom is 0.267 e. The minimum atomic E-state index is -0.363. The second-order valence-electron chi connectivity index (χ2n) is 9.40. The molecule has 192 valence electrons. The Bertz CT molecular complexity index is 1540. The molecule has 1 amide bonds. The summed E-state index contributed by atoms with van der Waals surface area (Å²) >= 11 is 0. The van der Waals surface area contributed by atoms with Crippen molar-refractivity contribution < 1.29 is 9.53 Å². The summed E-state index contributed by atoms with van der Waals surface area (Å²) in [4.78, 5) is 33.8. The number of hydrogen-bond acceptors (Lipinski definition) is 6. The summed E-state index contributed by atoms with van der Waals surface area (Å²) in [5, 5.41) is 12.2. The number of fused-ring (bicyclic) bond motifs is 2. The van der Waals surface area contributed by atoms with Crippen molar-refractivity contribution in [1.82, 2.24) is 24.2 Å². The maximum atomic E-state index is 13.5. The molecule has 1 aliphatic heterocycles. The van der Waals surface area contributed by atoms with E-state index in [1.54, 1.807) is 10.8 Å². The zero-order valence-corrected chi connectivity index (χ0v) is 21.1. The molecule has 4 aromatic rings. The topological polar surface area (TPSA) is 105 Å². The third-order valence-electron chi connectivity index (χ3n) is 6.88. The van der Waals surface area contributed by atoms with Crippen molar-refractivity contribution in [3.8, 4) is 0 Å². The fourth-order valence-electron chi connectivity index (χ4n) is 4.82. The van der Waals surface area contributed by atoms with E-state index in [1.807, 2.05) is 49.4 Å². The van der Waals surface area contributed by atoms with Crippen molar-refractivity contribution in [2.75, 3.05) is 39.4 Å². The number of pyridine rings is 2. The first-order valence-corrected chi connectivity index (χ1v) is 12.8. The highest BCUT2D eigenvalue weighted by Gasteiger charge is 2.18. The first kappa shape index (κ1) is 24.9. The summed E-state index contributed by atoms with van der Waals surface area (Å²) in [5.74, 6) is -0.363. The van der Waals surface area contributed by atoms with E-state index in [0.717, 1.165) is 50.4 Å². The van der Waals surface area contributed by atoms with Crippen LogP contribution in [0.5, 0.6) is 0 Å². The Kier molecular flexibility index (Phi) is 7.43. The van der Waals surface area contributed by atoms with E-state index in [1.165, 1.54) is 10.5 Å². The zero-order valence-electron chi connectivity index (χ0n) is 21.1. The van der Waals surface area contributed by atoms with Crippen molar-refractivity contribution in [2.24, 2.45) is 0 Å². The Labute approximate surface area is 214 Å². The average molecular weight is 501 g/mol. The standard InChI is InChI=1S/C28H32N6O3/c1-20-7-5-13-34-25(20)31-26-23(28(34)36)19-22(27(35)30-11-10-21-8-3-2-4-9-21)24(29)33(26)14-6-12-32-15-17-37-18-16-32/h2-5,7-9,13,19,29H,6,10-12,14-18H2,1H3,(H,30,35). The Balaban J connectivity index is 1.50. The molecule has 5 rings (SSSR count). The first-order chi connectivity index (χ1) is 18.0. The van der Waals surface area contributed by atoms with Gasteiger partial charge in [-0.25, -0.2) is 4.98 Å². The molecule has 9 heteroatoms. The lowest BCUT2D eigenvalue weighted by Crippen LogP contribution is -2.38. The van der Waals surface area contributed by atoms with Gasteiger partial charge in [-0.05, 0) is 43.0 Å². The van der Waals surface area contributed by atoms with Crippen LogP contribution >= 0.6 is 0 Å². The summed E-state index contributed by atoms with van der Waals surface area (Å²) in [6, 6.07) is 15.2. The molecule has 0 unspecified atom stereocenters. The van der Waals surface area contributed by atoms with Crippen molar-refractivity contribution in [2.45, 2.75) is 26.3 Å². The lowest BCUT2D eigenvalue weighted by Gasteiger charge is -2.26. The predicted molar refractivity (Wildman–Crippen MR) is 142 cm³/mol. The maximum absolute atomic E-state index is 13.5. The van der Waals surface area contributed by atoms with Gasteiger partial charge in [0.25, 0.3) is 11.5 Å². The average Bonchev–Trinajstić information content (AvgIpc) is 2.92. The van der Waals surface area contributed by atoms with Gasteiger partial charge in [0, 0.05) is 38.9 Å². The van der Waals surface area contributed by atoms with Crippen LogP contribution in [0.15, 0.2) is 59.5 Å². The van der Waals surface area contributed by atoms with Crippen LogP contribution in [0.25, 0.3) is 16.7 Å². The normalized spacial score (nSPS) is 14.3. The molecule has 37 heavy (non-hydrogen) atoms. The van der Waals surface area contributed by atoms with Crippen LogP contribution in [-0.4, -0.2) is 64.2 Å². The van der Waals surface area contributed by atoms with E-state index in [9.17, 15) is 9.59 Å². The molecule has 4 heterocycles. The summed E-state index contributed by atoms with van der Waals surface area (Å²) < 4.78 is 8.67. The number of ether oxygens (including phenoxy) is 1. The quantitative estimate of drug-likeness (QED) is 0.361. The molecule has 0 atom stereocenters. The summed E-state index contributed by atoms with van der Waals surface area (Å²) in [6.07, 6.45) is 3.13. The highest BCUT2D eigenvalue weighted by molar-refractivity contribution is 5.96. The van der Waals surface area contributed by atoms with Gasteiger partial charge in [0.2, 0.25) is 0 Å². The van der Waals surface area contributed by atoms with Crippen molar-refractivity contribution in [1.29, 1.82) is 5.41 Å². The van der Waals surface area contributed by atoms with Crippen LogP contribution in [0.4, 0.5) is 0 Å². The number of carbonyl (C=O) groups is 1. The van der Waals surface area contributed by atoms with Gasteiger partial charge in [0.1, 0.15) is 16.8 Å². The van der Waals surface area contributed by atoms with Gasteiger partial charge in [-0.3, -0.25) is 24.3 Å². The summed E-state index contributed by atoms with van der Waals surface area (Å²) in [5.41, 5.74) is 2.98. The number of carbonyl (C=O) groups excluding carboxylic acids is 1. The fourth-order valence-corrected chi connectivity index (χ4v) is 4.82. The molecule has 0 radical (unpaired) electrons. The first-order valence-electron chi connectivity index (χ1n) is 12.8. The van der Waals surface area contributed by atoms with Crippen molar-refractivity contribution in [3.63, 3.8) is 0 Å². The fraction of sp³-hybridized carbons (Fsp3) is 0.357. The minimum absolute atomic E-state index is 0.0662. The smallest absolute Gasteiger partial charge is 0.267 e. The van der Waals surface area contributed by atoms with Gasteiger partial charge >= 0.3 is 0 Å². The van der Waals surface area contributed by atoms with Crippen LogP contribution in [0.2, 0.25) is 0 Å². The van der Waals surface area contributed by atoms with Crippen molar-refractivity contribution >= 4 is 22.6 Å². The van der Waals surface area contributed by atoms with Crippen LogP contribution in [-0.2, 0) is 17.7 Å². The van der Waals surface area contributed by atoms with Crippen LogP contribution in [0.1, 0.15) is 27.9 Å². The van der Waals surface area contributed by atoms with Gasteiger partial charge in [0.15, 0.2) is 0 Å². The lowest BCUT2D eigenvalue weighted by molar-refractivity contribution is 0.0369. The molecule has 9 nitrogen and oxygen atoms in total. The van der Waals surface area contributed by atoms with Crippen LogP contribution in [0, 0.1) is 12.3 Å². The molecule has 0 spiro atoms. The predicted octanol–water partition coefficient (Wildman–Crippen LogP) is 2.13. The number of nitrogens with zero attached hydrogens (tertiary/aromatic N) is 4. The highest BCUT2D eigenvalue weighted by Crippen LogP contribution is 2.13. The lowest BCUT2D eigenvalue weighted by atomic mass is 10.1. The Morgan fingerprint density at radius 2 is 1.86 bits per heavy atom. The number of aromatic nitrogens is 3. The van der Waals surface area contributed by atoms with E-state index in [4.69, 9.17) is 15.1 Å². The SMILES string of the molecule is Cc1cccn2c(=O)c3cc(C(=O)NCCc4ccccc4)c(=N)n(CCCN4CCOCC4)c3nc12. The van der Waals surface area contributed by atoms with Gasteiger partial charge in [-0.15, -0.1) is 0 Å². The number of rotatable bonds is 8. The molecule has 1 aromatic carbocycles. The Morgan fingerprint density at radius 3 is 2.65 bits per heavy atom. The third-order valence-corrected chi connectivity index (χ3v) is 6.88. The number of morpholine rings is 1. The van der Waals surface area contributed by atoms with E-state index in [-0.39, 0.29) is 22.5 Å². The molecular formula is C28H32N6O3. The number of benzene rings is 1. The zero-order chi connectivity index (χ0) is 25.8. The molecular weight excluding hydrogens is 468 g/mol. The number of amides is 1. The van der Waals surface area contributed by atoms with Gasteiger partial charge in [-0.1, -0.05) is 36.4 Å². The van der Waals surface area contributed by atoms with E-state index in [2.05, 4.69) is 10.2 Å². The highest BCUT2D eigenvalue weighted by atomic mass is 16.5. The Morgan fingerprint density at radius 1 is 1.08 bits per heavy atom. The molecule has 1 fully saturated rings. The Hall–Kier alpha value is -3.82. The second kappa shape index (κ2) is 11.1. The van der Waals surface area contributed by atoms with Crippen LogP contribution < -0.4 is 16.4 Å². The van der Waals surface area contributed by atoms with Crippen LogP contribution in [0.3, 0.4) is 0 Å². The van der Waals surface area contributed by atoms with Gasteiger partial charge in [-0.2, -0.15) is 0 Å². The molecule has 0 bridgehead atoms. The number of nitrogens with one attached hydrogen (secondary N) is 2. The molecule has 3 aromatic heterocycles. The van der Waals surface area contributed by atoms with Gasteiger partial charge in [0.05, 0.1) is 24.2 Å². The molecule has 0 saturated carbocycles. The van der Waals surface area contributed by atoms with Gasteiger partial charge < -0.3 is 14.6 Å². The second-order valence-corrected chi connectivity index (χ2v) is 9.40. The molecule has 0 aliphatic carbocycles. The minimum Gasteiger partial charge on any atom is -0.379 e. The molecule has 2 N–H and O–H groups in total. The number of aryl methyl sites for hydroxylation is 2. The number of hydrogen-bond donors (Lipinski definition) is 2. The molecule has 1 aliphatic rings. The van der Waals surface area contributed by atoms with E-state index < -0.39 is 0 Å². The van der Waals surface area contributed by atoms with Crippen molar-refractivity contribution in [3.05, 3.63) is 87.3 Å². The summed E-state index contributed by atoms with van der Waals surface area (Å²) in [7, 11) is 0. The largest absolute Gasteiger partial charge is 0.379 e. The molecule has 1 saturated heterocycles. The van der Waals surface area contributed by atoms with E-state index in [0.29, 0.717) is 36.2 Å². The summed E-state index contributed by atoms with van der Waals surface area (Å²) in [6.45, 7) is 6.88.